The van der Waals surface area contributed by atoms with Gasteiger partial charge >= 0.3 is 0 Å². The lowest BCUT2D eigenvalue weighted by molar-refractivity contribution is 0.0967. The van der Waals surface area contributed by atoms with E-state index in [-0.39, 0.29) is 11.7 Å². The van der Waals surface area contributed by atoms with Crippen LogP contribution in [0, 0.1) is 5.92 Å². The zero-order valence-corrected chi connectivity index (χ0v) is 7.21. The Bertz CT molecular complexity index is 320. The summed E-state index contributed by atoms with van der Waals surface area (Å²) in [6, 6.07) is 1.65. The van der Waals surface area contributed by atoms with E-state index in [1.54, 1.807) is 18.5 Å². The highest BCUT2D eigenvalue weighted by atomic mass is 35.5. The van der Waals surface area contributed by atoms with Crippen molar-refractivity contribution in [3.63, 3.8) is 0 Å². The lowest BCUT2D eigenvalue weighted by Gasteiger charge is -1.99. The molecule has 1 aliphatic rings. The summed E-state index contributed by atoms with van der Waals surface area (Å²) in [5.74, 6) is 0.361. The Labute approximate surface area is 75.6 Å². The number of halogens is 1. The Balaban J connectivity index is 2.32. The second-order valence-corrected chi connectivity index (χ2v) is 3.40. The minimum absolute atomic E-state index is 0.146. The van der Waals surface area contributed by atoms with Crippen molar-refractivity contribution in [1.29, 1.82) is 0 Å². The van der Waals surface area contributed by atoms with Gasteiger partial charge in [-0.25, -0.2) is 0 Å². The molecule has 62 valence electrons. The number of hydrogen-bond donors (Lipinski definition) is 0. The van der Waals surface area contributed by atoms with E-state index < -0.39 is 0 Å². The van der Waals surface area contributed by atoms with Crippen molar-refractivity contribution in [2.75, 3.05) is 0 Å². The van der Waals surface area contributed by atoms with Gasteiger partial charge in [0.05, 0.1) is 10.6 Å². The molecule has 12 heavy (non-hydrogen) atoms. The van der Waals surface area contributed by atoms with E-state index in [4.69, 9.17) is 11.6 Å². The van der Waals surface area contributed by atoms with E-state index in [0.717, 1.165) is 12.8 Å². The van der Waals surface area contributed by atoms with Gasteiger partial charge in [-0.3, -0.25) is 9.78 Å². The summed E-state index contributed by atoms with van der Waals surface area (Å²) < 4.78 is 0. The highest BCUT2D eigenvalue weighted by Crippen LogP contribution is 2.33. The minimum Gasteiger partial charge on any atom is -0.294 e. The number of ketones is 1. The molecule has 2 nitrogen and oxygen atoms in total. The Morgan fingerprint density at radius 1 is 1.58 bits per heavy atom. The fraction of sp³-hybridized carbons (Fsp3) is 0.333. The average Bonchev–Trinajstić information content (AvgIpc) is 2.86. The molecule has 2 rings (SSSR count). The number of hydrogen-bond acceptors (Lipinski definition) is 2. The lowest BCUT2D eigenvalue weighted by atomic mass is 10.1. The molecule has 3 heteroatoms. The van der Waals surface area contributed by atoms with Gasteiger partial charge in [0.1, 0.15) is 0 Å². The number of aromatic nitrogens is 1. The van der Waals surface area contributed by atoms with Gasteiger partial charge in [0, 0.05) is 18.3 Å². The maximum Gasteiger partial charge on any atom is 0.168 e. The van der Waals surface area contributed by atoms with Crippen LogP contribution in [0.5, 0.6) is 0 Å². The quantitative estimate of drug-likeness (QED) is 0.656. The first kappa shape index (κ1) is 7.74. The number of carbonyl (C=O) groups is 1. The maximum absolute atomic E-state index is 11.5. The molecule has 1 aromatic heterocycles. The number of rotatable bonds is 2. The van der Waals surface area contributed by atoms with Crippen molar-refractivity contribution in [2.45, 2.75) is 12.8 Å². The number of pyridine rings is 1. The Morgan fingerprint density at radius 2 is 2.33 bits per heavy atom. The maximum atomic E-state index is 11.5. The zero-order chi connectivity index (χ0) is 8.55. The van der Waals surface area contributed by atoms with Crippen LogP contribution in [0.1, 0.15) is 23.2 Å². The molecule has 0 spiro atoms. The molecule has 0 aliphatic heterocycles. The lowest BCUT2D eigenvalue weighted by Crippen LogP contribution is -2.02. The molecule has 0 aromatic carbocycles. The van der Waals surface area contributed by atoms with Crippen molar-refractivity contribution in [3.8, 4) is 0 Å². The Morgan fingerprint density at radius 3 is 2.92 bits per heavy atom. The number of Topliss-reactive ketones (excluding diaryl/α,β-unsaturated/α-hetero) is 1. The first-order valence-electron chi connectivity index (χ1n) is 3.93. The molecule has 0 amide bonds. The van der Waals surface area contributed by atoms with Crippen LogP contribution in [0.25, 0.3) is 0 Å². The molecular weight excluding hydrogens is 174 g/mol. The first-order chi connectivity index (χ1) is 5.79. The summed E-state index contributed by atoms with van der Waals surface area (Å²) in [5, 5.41) is 0.516. The van der Waals surface area contributed by atoms with E-state index in [0.29, 0.717) is 10.6 Å². The fourth-order valence-electron chi connectivity index (χ4n) is 1.12. The smallest absolute Gasteiger partial charge is 0.168 e. The van der Waals surface area contributed by atoms with Crippen LogP contribution in [-0.4, -0.2) is 10.8 Å². The molecule has 0 saturated heterocycles. The molecular formula is C9H8ClNO. The molecule has 1 aliphatic carbocycles. The highest BCUT2D eigenvalue weighted by molar-refractivity contribution is 6.34. The van der Waals surface area contributed by atoms with Crippen LogP contribution >= 0.6 is 11.6 Å². The minimum atomic E-state index is 0.146. The van der Waals surface area contributed by atoms with Gasteiger partial charge in [-0.2, -0.15) is 0 Å². The second kappa shape index (κ2) is 2.87. The summed E-state index contributed by atoms with van der Waals surface area (Å²) >= 11 is 5.83. The topological polar surface area (TPSA) is 30.0 Å². The molecule has 0 bridgehead atoms. The monoisotopic (exact) mass is 181 g/mol. The Kier molecular flexibility index (Phi) is 1.85. The standard InChI is InChI=1S/C9H8ClNO/c10-8-3-4-11-5-7(8)9(12)6-1-2-6/h3-6H,1-2H2. The van der Waals surface area contributed by atoms with Crippen LogP contribution in [0.15, 0.2) is 18.5 Å². The largest absolute Gasteiger partial charge is 0.294 e. The van der Waals surface area contributed by atoms with E-state index in [9.17, 15) is 4.79 Å². The van der Waals surface area contributed by atoms with Gasteiger partial charge in [-0.05, 0) is 18.9 Å². The summed E-state index contributed by atoms with van der Waals surface area (Å²) in [5.41, 5.74) is 0.571. The molecule has 0 atom stereocenters. The van der Waals surface area contributed by atoms with Crippen molar-refractivity contribution in [2.24, 2.45) is 5.92 Å². The van der Waals surface area contributed by atoms with E-state index in [2.05, 4.69) is 4.98 Å². The van der Waals surface area contributed by atoms with Crippen LogP contribution in [0.4, 0.5) is 0 Å². The van der Waals surface area contributed by atoms with Gasteiger partial charge in [0.2, 0.25) is 0 Å². The van der Waals surface area contributed by atoms with Gasteiger partial charge in [0.15, 0.2) is 5.78 Å². The molecule has 1 fully saturated rings. The predicted octanol–water partition coefficient (Wildman–Crippen LogP) is 2.33. The van der Waals surface area contributed by atoms with Crippen molar-refractivity contribution in [3.05, 3.63) is 29.0 Å². The summed E-state index contributed by atoms with van der Waals surface area (Å²) in [7, 11) is 0. The van der Waals surface area contributed by atoms with Crippen molar-refractivity contribution >= 4 is 17.4 Å². The molecule has 1 heterocycles. The van der Waals surface area contributed by atoms with Crippen molar-refractivity contribution < 1.29 is 4.79 Å². The second-order valence-electron chi connectivity index (χ2n) is 2.99. The number of carbonyl (C=O) groups excluding carboxylic acids is 1. The summed E-state index contributed by atoms with van der Waals surface area (Å²) in [6.07, 6.45) is 5.14. The fourth-order valence-corrected chi connectivity index (χ4v) is 1.32. The zero-order valence-electron chi connectivity index (χ0n) is 6.46. The van der Waals surface area contributed by atoms with E-state index >= 15 is 0 Å². The SMILES string of the molecule is O=C(c1cnccc1Cl)C1CC1. The van der Waals surface area contributed by atoms with Gasteiger partial charge < -0.3 is 0 Å². The van der Waals surface area contributed by atoms with Crippen LogP contribution in [0.2, 0.25) is 5.02 Å². The molecule has 1 saturated carbocycles. The highest BCUT2D eigenvalue weighted by Gasteiger charge is 2.31. The van der Waals surface area contributed by atoms with E-state index in [1.807, 2.05) is 0 Å². The number of nitrogens with zero attached hydrogens (tertiary/aromatic N) is 1. The third kappa shape index (κ3) is 1.34. The molecule has 0 unspecified atom stereocenters. The third-order valence-electron chi connectivity index (χ3n) is 1.98. The molecule has 1 aromatic rings. The Hall–Kier alpha value is -0.890. The van der Waals surface area contributed by atoms with Crippen LogP contribution in [0.3, 0.4) is 0 Å². The predicted molar refractivity (Wildman–Crippen MR) is 46.3 cm³/mol. The summed E-state index contributed by atoms with van der Waals surface area (Å²) in [6.45, 7) is 0. The van der Waals surface area contributed by atoms with Crippen molar-refractivity contribution in [1.82, 2.24) is 4.98 Å². The van der Waals surface area contributed by atoms with Gasteiger partial charge in [0.25, 0.3) is 0 Å². The van der Waals surface area contributed by atoms with Crippen LogP contribution < -0.4 is 0 Å². The van der Waals surface area contributed by atoms with Gasteiger partial charge in [-0.1, -0.05) is 11.6 Å². The molecule has 0 radical (unpaired) electrons. The van der Waals surface area contributed by atoms with E-state index in [1.165, 1.54) is 0 Å². The normalized spacial score (nSPS) is 16.1. The molecule has 0 N–H and O–H groups in total. The van der Waals surface area contributed by atoms with Gasteiger partial charge in [-0.15, -0.1) is 0 Å². The first-order valence-corrected chi connectivity index (χ1v) is 4.30. The van der Waals surface area contributed by atoms with Crippen LogP contribution in [-0.2, 0) is 0 Å². The summed E-state index contributed by atoms with van der Waals surface area (Å²) in [4.78, 5) is 15.4. The third-order valence-corrected chi connectivity index (χ3v) is 2.31. The average molecular weight is 182 g/mol.